The summed E-state index contributed by atoms with van der Waals surface area (Å²) in [6.07, 6.45) is 11.2. The average molecular weight is 438 g/mol. The summed E-state index contributed by atoms with van der Waals surface area (Å²) in [4.78, 5) is 34.6. The lowest BCUT2D eigenvalue weighted by molar-refractivity contribution is 0.00143. The quantitative estimate of drug-likeness (QED) is 0.679. The molecule has 5 nitrogen and oxygen atoms in total. The molecule has 1 aromatic heterocycles. The van der Waals surface area contributed by atoms with E-state index in [1.54, 1.807) is 24.4 Å². The molecule has 1 aliphatic carbocycles. The van der Waals surface area contributed by atoms with E-state index in [2.05, 4.69) is 16.0 Å². The predicted octanol–water partition coefficient (Wildman–Crippen LogP) is 4.22. The van der Waals surface area contributed by atoms with Crippen LogP contribution in [0.25, 0.3) is 10.9 Å². The first kappa shape index (κ1) is 19.6. The molecule has 4 atom stereocenters. The first-order chi connectivity index (χ1) is 15.1. The van der Waals surface area contributed by atoms with Crippen LogP contribution in [0.15, 0.2) is 40.8 Å². The number of hydrogen-bond acceptors (Lipinski definition) is 3. The summed E-state index contributed by atoms with van der Waals surface area (Å²) in [6, 6.07) is 6.07. The van der Waals surface area contributed by atoms with E-state index >= 15 is 0 Å². The molecular formula is C25H28ClN3O2. The number of pyridine rings is 1. The molecule has 0 spiro atoms. The van der Waals surface area contributed by atoms with Crippen LogP contribution in [0.1, 0.15) is 48.9 Å². The maximum absolute atomic E-state index is 13.7. The zero-order chi connectivity index (χ0) is 21.1. The Bertz CT molecular complexity index is 1140. The van der Waals surface area contributed by atoms with Crippen LogP contribution < -0.4 is 5.43 Å². The Morgan fingerprint density at radius 2 is 2.06 bits per heavy atom. The lowest BCUT2D eigenvalue weighted by atomic mass is 9.68. The van der Waals surface area contributed by atoms with Crippen LogP contribution in [-0.4, -0.2) is 52.4 Å². The van der Waals surface area contributed by atoms with E-state index < -0.39 is 0 Å². The number of carbonyl (C=O) groups is 1. The third-order valence-corrected chi connectivity index (χ3v) is 8.33. The maximum Gasteiger partial charge on any atom is 0.259 e. The van der Waals surface area contributed by atoms with Crippen LogP contribution in [0.2, 0.25) is 5.02 Å². The SMILES string of the molecule is O=C(c1c[nH]c2c(Cl)cccc2c1=O)N1CCCC2=CC3CC(CN4CCCCC34)C21. The number of para-hydroxylation sites is 1. The number of nitrogens with one attached hydrogen (secondary N) is 1. The summed E-state index contributed by atoms with van der Waals surface area (Å²) in [7, 11) is 0. The van der Waals surface area contributed by atoms with Gasteiger partial charge in [0.2, 0.25) is 5.43 Å². The highest BCUT2D eigenvalue weighted by Gasteiger charge is 2.47. The normalized spacial score (nSPS) is 30.5. The maximum atomic E-state index is 13.7. The number of benzene rings is 1. The van der Waals surface area contributed by atoms with Gasteiger partial charge in [-0.3, -0.25) is 14.5 Å². The van der Waals surface area contributed by atoms with Crippen LogP contribution in [0, 0.1) is 11.8 Å². The number of halogens is 1. The van der Waals surface area contributed by atoms with Gasteiger partial charge >= 0.3 is 0 Å². The highest BCUT2D eigenvalue weighted by atomic mass is 35.5. The fourth-order valence-corrected chi connectivity index (χ4v) is 6.96. The van der Waals surface area contributed by atoms with Gasteiger partial charge in [-0.2, -0.15) is 0 Å². The second-order valence-electron chi connectivity index (χ2n) is 9.70. The van der Waals surface area contributed by atoms with Crippen molar-refractivity contribution in [1.29, 1.82) is 0 Å². The van der Waals surface area contributed by atoms with E-state index in [9.17, 15) is 9.59 Å². The summed E-state index contributed by atoms with van der Waals surface area (Å²) in [5.41, 5.74) is 2.02. The minimum atomic E-state index is -0.231. The molecule has 4 heterocycles. The van der Waals surface area contributed by atoms with Crippen molar-refractivity contribution in [3.8, 4) is 0 Å². The Morgan fingerprint density at radius 1 is 1.16 bits per heavy atom. The van der Waals surface area contributed by atoms with Crippen molar-refractivity contribution >= 4 is 28.4 Å². The standard InChI is InChI=1S/C25H28ClN3O2/c26-20-7-3-6-18-22(20)27-13-19(24(18)30)25(31)29-10-4-5-15-11-16-12-17(23(15)29)14-28-9-2-1-8-21(16)28/h3,6-7,11,13,16-17,21,23H,1-2,4-5,8-10,12,14H2,(H,27,30). The Morgan fingerprint density at radius 3 is 2.97 bits per heavy atom. The van der Waals surface area contributed by atoms with Gasteiger partial charge < -0.3 is 9.88 Å². The fraction of sp³-hybridized carbons (Fsp3) is 0.520. The first-order valence-corrected chi connectivity index (χ1v) is 12.0. The highest BCUT2D eigenvalue weighted by Crippen LogP contribution is 2.45. The van der Waals surface area contributed by atoms with Crippen molar-refractivity contribution in [3.05, 3.63) is 56.9 Å². The number of H-pyrrole nitrogens is 1. The van der Waals surface area contributed by atoms with Crippen molar-refractivity contribution in [1.82, 2.24) is 14.8 Å². The third kappa shape index (κ3) is 3.08. The molecule has 6 rings (SSSR count). The van der Waals surface area contributed by atoms with E-state index in [-0.39, 0.29) is 22.9 Å². The Labute approximate surface area is 187 Å². The Hall–Kier alpha value is -2.11. The topological polar surface area (TPSA) is 56.4 Å². The van der Waals surface area contributed by atoms with Crippen molar-refractivity contribution in [3.63, 3.8) is 0 Å². The minimum Gasteiger partial charge on any atom is -0.359 e. The van der Waals surface area contributed by atoms with Gasteiger partial charge in [-0.05, 0) is 62.6 Å². The zero-order valence-corrected chi connectivity index (χ0v) is 18.4. The van der Waals surface area contributed by atoms with Gasteiger partial charge in [0.25, 0.3) is 5.91 Å². The number of likely N-dealkylation sites (tertiary alicyclic amines) is 1. The van der Waals surface area contributed by atoms with Gasteiger partial charge in [-0.1, -0.05) is 35.7 Å². The zero-order valence-electron chi connectivity index (χ0n) is 17.6. The third-order valence-electron chi connectivity index (χ3n) is 8.01. The number of amides is 1. The van der Waals surface area contributed by atoms with Crippen molar-refractivity contribution < 1.29 is 4.79 Å². The molecule has 0 radical (unpaired) electrons. The van der Waals surface area contributed by atoms with Gasteiger partial charge in [0.15, 0.2) is 0 Å². The molecule has 1 N–H and O–H groups in total. The number of aromatic amines is 1. The van der Waals surface area contributed by atoms with Gasteiger partial charge in [-0.25, -0.2) is 0 Å². The molecule has 3 saturated heterocycles. The lowest BCUT2D eigenvalue weighted by Crippen LogP contribution is -2.60. The average Bonchev–Trinajstić information content (AvgIpc) is 2.79. The summed E-state index contributed by atoms with van der Waals surface area (Å²) in [5, 5.41) is 0.970. The van der Waals surface area contributed by atoms with E-state index in [1.807, 2.05) is 4.90 Å². The monoisotopic (exact) mass is 437 g/mol. The second kappa shape index (κ2) is 7.49. The Balaban J connectivity index is 1.37. The van der Waals surface area contributed by atoms with Crippen LogP contribution in [0.5, 0.6) is 0 Å². The summed E-state index contributed by atoms with van der Waals surface area (Å²) >= 11 is 6.24. The molecule has 4 aliphatic rings. The van der Waals surface area contributed by atoms with Crippen LogP contribution in [0.4, 0.5) is 0 Å². The molecule has 162 valence electrons. The first-order valence-electron chi connectivity index (χ1n) is 11.7. The number of piperidine rings is 3. The molecule has 4 unspecified atom stereocenters. The molecule has 31 heavy (non-hydrogen) atoms. The number of rotatable bonds is 1. The van der Waals surface area contributed by atoms with Crippen molar-refractivity contribution in [2.24, 2.45) is 11.8 Å². The molecule has 2 bridgehead atoms. The molecule has 3 aliphatic heterocycles. The van der Waals surface area contributed by atoms with Crippen molar-refractivity contribution in [2.75, 3.05) is 19.6 Å². The molecule has 2 aromatic rings. The fourth-order valence-electron chi connectivity index (χ4n) is 6.73. The van der Waals surface area contributed by atoms with Gasteiger partial charge in [-0.15, -0.1) is 0 Å². The largest absolute Gasteiger partial charge is 0.359 e. The molecule has 1 aromatic carbocycles. The molecule has 1 amide bonds. The molecule has 0 saturated carbocycles. The minimum absolute atomic E-state index is 0.134. The highest BCUT2D eigenvalue weighted by molar-refractivity contribution is 6.35. The summed E-state index contributed by atoms with van der Waals surface area (Å²) in [6.45, 7) is 2.99. The molecular weight excluding hydrogens is 410 g/mol. The predicted molar refractivity (Wildman–Crippen MR) is 123 cm³/mol. The van der Waals surface area contributed by atoms with Crippen molar-refractivity contribution in [2.45, 2.75) is 50.6 Å². The van der Waals surface area contributed by atoms with E-state index in [1.165, 1.54) is 37.8 Å². The van der Waals surface area contributed by atoms with E-state index in [0.717, 1.165) is 25.9 Å². The molecule has 3 fully saturated rings. The van der Waals surface area contributed by atoms with Crippen LogP contribution in [-0.2, 0) is 0 Å². The Kier molecular flexibility index (Phi) is 4.73. The van der Waals surface area contributed by atoms with E-state index in [4.69, 9.17) is 11.6 Å². The van der Waals surface area contributed by atoms with Gasteiger partial charge in [0.05, 0.1) is 16.6 Å². The lowest BCUT2D eigenvalue weighted by Gasteiger charge is -2.54. The van der Waals surface area contributed by atoms with Gasteiger partial charge in [0, 0.05) is 30.7 Å². The summed E-state index contributed by atoms with van der Waals surface area (Å²) in [5.74, 6) is 0.960. The van der Waals surface area contributed by atoms with Crippen LogP contribution >= 0.6 is 11.6 Å². The molecule has 6 heteroatoms. The number of hydrogen-bond donors (Lipinski definition) is 1. The number of nitrogens with zero attached hydrogens (tertiary/aromatic N) is 2. The smallest absolute Gasteiger partial charge is 0.259 e. The number of aromatic nitrogens is 1. The van der Waals surface area contributed by atoms with Crippen LogP contribution in [0.3, 0.4) is 0 Å². The second-order valence-corrected chi connectivity index (χ2v) is 10.1. The number of carbonyl (C=O) groups excluding carboxylic acids is 1. The van der Waals surface area contributed by atoms with Gasteiger partial charge in [0.1, 0.15) is 5.56 Å². The van der Waals surface area contributed by atoms with E-state index in [0.29, 0.717) is 33.8 Å². The number of fused-ring (bicyclic) bond motifs is 7. The summed E-state index contributed by atoms with van der Waals surface area (Å²) < 4.78 is 0.